The van der Waals surface area contributed by atoms with Crippen LogP contribution in [-0.4, -0.2) is 148 Å². The monoisotopic (exact) mass is 1560 g/mol. The summed E-state index contributed by atoms with van der Waals surface area (Å²) in [6, 6.07) is 0. The highest BCUT2D eigenvalue weighted by Gasteiger charge is 2.63. The second-order valence-electron chi connectivity index (χ2n) is 27.4. The fourth-order valence-electron chi connectivity index (χ4n) is 5.88. The molecule has 0 saturated carbocycles. The average Bonchev–Trinajstić information content (AvgIpc) is 0.787. The van der Waals surface area contributed by atoms with Crippen LogP contribution in [0.15, 0.2) is 0 Å². The minimum Gasteiger partial charge on any atom is -0.368 e. The predicted molar refractivity (Wildman–Crippen MR) is 344 cm³/mol. The van der Waals surface area contributed by atoms with Crippen molar-refractivity contribution in [2.75, 3.05) is 61.0 Å². The lowest BCUT2D eigenvalue weighted by Gasteiger charge is -2.35. The van der Waals surface area contributed by atoms with E-state index in [9.17, 15) is 93.2 Å². The highest BCUT2D eigenvalue weighted by Crippen LogP contribution is 2.66. The molecule has 0 saturated heterocycles. The van der Waals surface area contributed by atoms with Crippen molar-refractivity contribution >= 4 is 45.6 Å². The Labute approximate surface area is 562 Å². The van der Waals surface area contributed by atoms with E-state index in [0.717, 1.165) is 46.5 Å². The van der Waals surface area contributed by atoms with Crippen molar-refractivity contribution < 1.29 is 152 Å². The van der Waals surface area contributed by atoms with E-state index in [2.05, 4.69) is 31.9 Å². The molecule has 0 heterocycles. The van der Waals surface area contributed by atoms with Crippen molar-refractivity contribution in [3.63, 3.8) is 0 Å². The van der Waals surface area contributed by atoms with Gasteiger partial charge in [0.05, 0.1) is 64.4 Å². The molecule has 3 atom stereocenters. The number of halogens is 15. The van der Waals surface area contributed by atoms with Gasteiger partial charge in [-0.2, -0.15) is 65.9 Å². The molecule has 0 aliphatic rings. The zero-order valence-electron chi connectivity index (χ0n) is 61.6. The van der Waals surface area contributed by atoms with E-state index in [-0.39, 0.29) is 24.5 Å². The van der Waals surface area contributed by atoms with Crippen molar-refractivity contribution in [3.8, 4) is 0 Å². The largest absolute Gasteiger partial charge is 0.424 e. The molecule has 0 aromatic heterocycles. The molecule has 0 rings (SSSR count). The van der Waals surface area contributed by atoms with Gasteiger partial charge in [0.15, 0.2) is 25.2 Å². The number of methoxy groups -OCH3 is 1. The first-order valence-electron chi connectivity index (χ1n) is 30.2. The van der Waals surface area contributed by atoms with Crippen molar-refractivity contribution in [2.24, 2.45) is 5.41 Å². The topological polar surface area (TPSA) is 222 Å². The maximum Gasteiger partial charge on any atom is 0.424 e. The number of hydrogen-bond acceptors (Lipinski definition) is 19. The lowest BCUT2D eigenvalue weighted by atomic mass is 9.98. The van der Waals surface area contributed by atoms with Crippen LogP contribution in [-0.2, 0) is 86.4 Å². The molecule has 0 spiro atoms. The van der Waals surface area contributed by atoms with Gasteiger partial charge in [0.2, 0.25) is 0 Å². The second kappa shape index (κ2) is 42.7. The Bertz CT molecular complexity index is 2340. The van der Waals surface area contributed by atoms with Crippen molar-refractivity contribution in [3.05, 3.63) is 0 Å². The maximum absolute atomic E-state index is 12.5. The molecule has 19 nitrogen and oxygen atoms in total. The molecule has 0 N–H and O–H groups in total. The Balaban J connectivity index is -0.000000257. The number of alkyl halides is 15. The van der Waals surface area contributed by atoms with Gasteiger partial charge in [-0.25, -0.2) is 0 Å². The maximum atomic E-state index is 12.5. The van der Waals surface area contributed by atoms with Crippen molar-refractivity contribution in [1.82, 2.24) is 0 Å². The quantitative estimate of drug-likeness (QED) is 0.0403. The molecule has 0 amide bonds. The molecule has 0 aliphatic heterocycles. The summed E-state index contributed by atoms with van der Waals surface area (Å²) in [6.07, 6.45) is -30.5. The van der Waals surface area contributed by atoms with Crippen LogP contribution in [0, 0.1) is 5.41 Å². The van der Waals surface area contributed by atoms with Crippen molar-refractivity contribution in [1.29, 1.82) is 0 Å². The molecule has 0 bridgehead atoms. The number of hydrogen-bond donors (Lipinski definition) is 0. The highest BCUT2D eigenvalue weighted by atomic mass is 31.2. The second-order valence-corrected chi connectivity index (χ2v) is 43.7. The van der Waals surface area contributed by atoms with Gasteiger partial charge in [-0.1, -0.05) is 47.5 Å². The average molecular weight is 1560 g/mol. The lowest BCUT2D eigenvalue weighted by Crippen LogP contribution is -2.45. The summed E-state index contributed by atoms with van der Waals surface area (Å²) in [5.74, 6) is -0.537. The molecule has 0 aromatic carbocycles. The van der Waals surface area contributed by atoms with E-state index in [0.29, 0.717) is 26.4 Å². The lowest BCUT2D eigenvalue weighted by molar-refractivity contribution is -0.303. The third-order valence-electron chi connectivity index (χ3n) is 11.1. The van der Waals surface area contributed by atoms with Crippen LogP contribution >= 0.6 is 45.6 Å². The summed E-state index contributed by atoms with van der Waals surface area (Å²) in [5, 5.41) is -4.91. The van der Waals surface area contributed by atoms with E-state index in [1.807, 2.05) is 111 Å². The minimum absolute atomic E-state index is 0.0844. The van der Waals surface area contributed by atoms with Crippen LogP contribution < -0.4 is 0 Å². The molecule has 0 fully saturated rings. The van der Waals surface area contributed by atoms with Gasteiger partial charge in [-0.15, -0.1) is 0 Å². The fourth-order valence-corrected chi connectivity index (χ4v) is 16.0. The van der Waals surface area contributed by atoms with Crippen LogP contribution in [0.25, 0.3) is 0 Å². The highest BCUT2D eigenvalue weighted by molar-refractivity contribution is 7.57. The van der Waals surface area contributed by atoms with Gasteiger partial charge in [0.1, 0.15) is 0 Å². The van der Waals surface area contributed by atoms with Crippen LogP contribution in [0.3, 0.4) is 0 Å². The Kier molecular flexibility index (Phi) is 47.5. The van der Waals surface area contributed by atoms with Gasteiger partial charge >= 0.3 is 76.5 Å². The third-order valence-corrected chi connectivity index (χ3v) is 27.5. The molecule has 3 unspecified atom stereocenters. The SMILES string of the molecule is CC(C)(C)P(=O)(OCC(F)(F)F)OCC(F)(F)F.CC(C)OP(=O)(OC(C)C)C(C)(C)C.CC(OP(=O)(OC(C(F)(F)F)C(F)(F)F)C(C)(C)C)C(F)(F)F.CCCCOP(=O)(OCCCC)C(C)(C)C.CCOP(=O)(OCC)C(OC)C(C)(C)C.COP(=O)(OC)C(C)(C)C. The summed E-state index contributed by atoms with van der Waals surface area (Å²) in [6.45, 7) is 42.1. The summed E-state index contributed by atoms with van der Waals surface area (Å²) >= 11 is 0. The summed E-state index contributed by atoms with van der Waals surface area (Å²) in [7, 11) is -17.7. The van der Waals surface area contributed by atoms with E-state index in [1.165, 1.54) is 42.1 Å². The van der Waals surface area contributed by atoms with E-state index in [4.69, 9.17) is 40.9 Å². The minimum atomic E-state index is -6.04. The first-order chi connectivity index (χ1) is 42.0. The molecular weight excluding hydrogens is 1450 g/mol. The standard InChI is InChI=1S/C12H27O3P.C10H14F9O3P.C10H23O4P.C10H23O3P.C8H13F6O3P.C6H15O3P/c1-6-8-10-14-16(13,12(3,4)5)15-11-9-7-2;1-5(8(11,12)13)21-23(20,7(2,3)4)22-6(9(14,15)16)10(17,18)19;1-7-13-15(11,14-8-2)9(12-6)10(3,4)5;1-8(2)12-14(11,10(5,6)7)13-9(3)4;1-6(2,3)18(15,16-4-7(9,10)11)17-5-8(12,13)14;1-6(2,3)10(7,8-4)9-5/h6-11H2,1-5H3;5-6H,1-4H3;9H,7-8H2,1-6H3;8-9H,1-7H3;4-5H2,1-3H3;1-5H3. The summed E-state index contributed by atoms with van der Waals surface area (Å²) in [4.78, 5) is 0. The molecule has 96 heavy (non-hydrogen) atoms. The fraction of sp³-hybridized carbons (Fsp3) is 1.00. The van der Waals surface area contributed by atoms with Gasteiger partial charge in [0, 0.05) is 21.3 Å². The van der Waals surface area contributed by atoms with E-state index in [1.54, 1.807) is 13.8 Å². The summed E-state index contributed by atoms with van der Waals surface area (Å²) < 4.78 is 320. The normalized spacial score (nSPS) is 15.4. The molecule has 40 heteroatoms. The van der Waals surface area contributed by atoms with Crippen LogP contribution in [0.4, 0.5) is 65.9 Å². The van der Waals surface area contributed by atoms with Crippen molar-refractivity contribution in [2.45, 2.75) is 300 Å². The summed E-state index contributed by atoms with van der Waals surface area (Å²) in [5.41, 5.74) is -0.283. The zero-order chi connectivity index (χ0) is 78.7. The Morgan fingerprint density at radius 1 is 0.344 bits per heavy atom. The molecular formula is C56H115F15O19P6. The number of ether oxygens (including phenoxy) is 1. The third kappa shape index (κ3) is 43.2. The van der Waals surface area contributed by atoms with Gasteiger partial charge in [-0.3, -0.25) is 45.5 Å². The first kappa shape index (κ1) is 107. The van der Waals surface area contributed by atoms with E-state index < -0.39 is 134 Å². The van der Waals surface area contributed by atoms with Crippen LogP contribution in [0.1, 0.15) is 213 Å². The number of rotatable bonds is 28. The van der Waals surface area contributed by atoms with Crippen LogP contribution in [0.2, 0.25) is 0 Å². The molecule has 0 aromatic rings. The molecule has 588 valence electrons. The number of unbranched alkanes of at least 4 members (excludes halogenated alkanes) is 2. The van der Waals surface area contributed by atoms with Gasteiger partial charge in [0.25, 0.3) is 6.10 Å². The van der Waals surface area contributed by atoms with Gasteiger partial charge < -0.3 is 40.9 Å². The predicted octanol–water partition coefficient (Wildman–Crippen LogP) is 23.6. The zero-order valence-corrected chi connectivity index (χ0v) is 66.9. The first-order valence-corrected chi connectivity index (χ1v) is 39.5. The molecule has 0 aliphatic carbocycles. The Hall–Kier alpha value is -0.190. The molecule has 0 radical (unpaired) electrons. The van der Waals surface area contributed by atoms with E-state index >= 15 is 0 Å². The smallest absolute Gasteiger partial charge is 0.368 e. The van der Waals surface area contributed by atoms with Crippen LogP contribution in [0.5, 0.6) is 0 Å². The van der Waals surface area contributed by atoms with Gasteiger partial charge in [-0.05, 0) is 171 Å². The Morgan fingerprint density at radius 3 is 0.792 bits per heavy atom. The Morgan fingerprint density at radius 2 is 0.615 bits per heavy atom.